The Morgan fingerprint density at radius 1 is 0.962 bits per heavy atom. The first kappa shape index (κ1) is 20.3. The van der Waals surface area contributed by atoms with Crippen LogP contribution in [0.2, 0.25) is 0 Å². The summed E-state index contributed by atoms with van der Waals surface area (Å²) in [5.41, 5.74) is -1.16. The fourth-order valence-electron chi connectivity index (χ4n) is 2.42. The summed E-state index contributed by atoms with van der Waals surface area (Å²) in [7, 11) is 0.325. The largest absolute Gasteiger partial charge is 0.394 e. The lowest BCUT2D eigenvalue weighted by Gasteiger charge is -2.06. The van der Waals surface area contributed by atoms with Crippen molar-refractivity contribution in [1.29, 1.82) is 0 Å². The van der Waals surface area contributed by atoms with E-state index in [1.807, 2.05) is 0 Å². The summed E-state index contributed by atoms with van der Waals surface area (Å²) in [4.78, 5) is 28.3. The second-order valence-electron chi connectivity index (χ2n) is 5.60. The first-order valence-electron chi connectivity index (χ1n) is 7.84. The van der Waals surface area contributed by atoms with Crippen LogP contribution >= 0.6 is 0 Å². The van der Waals surface area contributed by atoms with Gasteiger partial charge in [-0.1, -0.05) is 0 Å². The highest BCUT2D eigenvalue weighted by Gasteiger charge is 2.25. The molecular formula is C14H22N4O7S. The van der Waals surface area contributed by atoms with Gasteiger partial charge < -0.3 is 19.1 Å². The SMILES string of the molecule is Cn1c(=O)c2c(nc(S(=O)(=O)CCOCCOCCO)n2C)n(C)c1=O. The lowest BCUT2D eigenvalue weighted by atomic mass is 10.5. The van der Waals surface area contributed by atoms with Gasteiger partial charge in [-0.25, -0.2) is 13.2 Å². The van der Waals surface area contributed by atoms with Crippen molar-refractivity contribution in [3.05, 3.63) is 20.8 Å². The average molecular weight is 390 g/mol. The van der Waals surface area contributed by atoms with Crippen molar-refractivity contribution >= 4 is 21.0 Å². The third-order valence-electron chi connectivity index (χ3n) is 3.82. The van der Waals surface area contributed by atoms with E-state index >= 15 is 0 Å². The van der Waals surface area contributed by atoms with Crippen LogP contribution < -0.4 is 11.2 Å². The van der Waals surface area contributed by atoms with Crippen molar-refractivity contribution in [2.45, 2.75) is 5.16 Å². The summed E-state index contributed by atoms with van der Waals surface area (Å²) in [6.07, 6.45) is 0. The van der Waals surface area contributed by atoms with Gasteiger partial charge in [0.05, 0.1) is 38.8 Å². The molecule has 0 unspecified atom stereocenters. The van der Waals surface area contributed by atoms with E-state index < -0.39 is 21.1 Å². The maximum absolute atomic E-state index is 12.5. The molecule has 26 heavy (non-hydrogen) atoms. The fourth-order valence-corrected chi connectivity index (χ4v) is 3.68. The molecule has 2 heterocycles. The zero-order chi connectivity index (χ0) is 19.5. The Hall–Kier alpha value is -2.02. The Labute approximate surface area is 149 Å². The third-order valence-corrected chi connectivity index (χ3v) is 5.44. The van der Waals surface area contributed by atoms with Crippen LogP contribution in [0.4, 0.5) is 0 Å². The molecule has 146 valence electrons. The zero-order valence-corrected chi connectivity index (χ0v) is 15.7. The summed E-state index contributed by atoms with van der Waals surface area (Å²) >= 11 is 0. The van der Waals surface area contributed by atoms with E-state index in [1.54, 1.807) is 0 Å². The van der Waals surface area contributed by atoms with E-state index in [2.05, 4.69) is 4.98 Å². The maximum atomic E-state index is 12.5. The van der Waals surface area contributed by atoms with Crippen LogP contribution in [0.1, 0.15) is 0 Å². The van der Waals surface area contributed by atoms with Crippen molar-refractivity contribution in [3.63, 3.8) is 0 Å². The molecule has 0 aromatic carbocycles. The second-order valence-corrected chi connectivity index (χ2v) is 7.60. The van der Waals surface area contributed by atoms with E-state index in [1.165, 1.54) is 25.7 Å². The van der Waals surface area contributed by atoms with Crippen LogP contribution in [0.5, 0.6) is 0 Å². The molecule has 0 aliphatic carbocycles. The molecule has 1 N–H and O–H groups in total. The van der Waals surface area contributed by atoms with Gasteiger partial charge in [0.15, 0.2) is 11.2 Å². The molecule has 0 aliphatic heterocycles. The first-order valence-corrected chi connectivity index (χ1v) is 9.49. The Morgan fingerprint density at radius 2 is 1.58 bits per heavy atom. The third kappa shape index (κ3) is 3.87. The lowest BCUT2D eigenvalue weighted by molar-refractivity contribution is 0.0375. The van der Waals surface area contributed by atoms with Gasteiger partial charge in [-0.05, 0) is 0 Å². The standard InChI is InChI=1S/C14H22N4O7S/c1-16-10-11(17(2)14(21)18(3)12(10)20)15-13(16)26(22,23)9-8-25-7-6-24-5-4-19/h19H,4-9H2,1-3H3. The monoisotopic (exact) mass is 390 g/mol. The van der Waals surface area contributed by atoms with Gasteiger partial charge >= 0.3 is 5.69 Å². The lowest BCUT2D eigenvalue weighted by Crippen LogP contribution is -2.37. The number of sulfone groups is 1. The molecule has 2 rings (SSSR count). The molecule has 2 aromatic rings. The minimum Gasteiger partial charge on any atom is -0.394 e. The quantitative estimate of drug-likeness (QED) is 0.475. The molecule has 0 amide bonds. The summed E-state index contributed by atoms with van der Waals surface area (Å²) < 4.78 is 38.4. The molecular weight excluding hydrogens is 368 g/mol. The summed E-state index contributed by atoms with van der Waals surface area (Å²) in [5.74, 6) is -0.335. The number of nitrogens with zero attached hydrogens (tertiary/aromatic N) is 4. The highest BCUT2D eigenvalue weighted by Crippen LogP contribution is 2.15. The predicted octanol–water partition coefficient (Wildman–Crippen LogP) is -2.23. The fraction of sp³-hybridized carbons (Fsp3) is 0.643. The van der Waals surface area contributed by atoms with E-state index in [-0.39, 0.29) is 55.1 Å². The molecule has 0 aliphatic rings. The Bertz CT molecular complexity index is 1000. The highest BCUT2D eigenvalue weighted by atomic mass is 32.2. The van der Waals surface area contributed by atoms with Gasteiger partial charge in [0.2, 0.25) is 15.0 Å². The van der Waals surface area contributed by atoms with E-state index in [0.717, 1.165) is 9.13 Å². The normalized spacial score (nSPS) is 12.2. The maximum Gasteiger partial charge on any atom is 0.332 e. The molecule has 0 atom stereocenters. The van der Waals surface area contributed by atoms with Crippen LogP contribution in [0, 0.1) is 0 Å². The minimum absolute atomic E-state index is 0.0116. The summed E-state index contributed by atoms with van der Waals surface area (Å²) in [6, 6.07) is 0. The number of ether oxygens (including phenoxy) is 2. The Morgan fingerprint density at radius 3 is 2.19 bits per heavy atom. The number of aliphatic hydroxyl groups excluding tert-OH is 1. The van der Waals surface area contributed by atoms with E-state index in [0.29, 0.717) is 0 Å². The second kappa shape index (κ2) is 8.12. The van der Waals surface area contributed by atoms with Crippen molar-refractivity contribution in [1.82, 2.24) is 18.7 Å². The number of hydrogen-bond acceptors (Lipinski definition) is 8. The van der Waals surface area contributed by atoms with Gasteiger partial charge in [0.25, 0.3) is 5.56 Å². The zero-order valence-electron chi connectivity index (χ0n) is 14.8. The van der Waals surface area contributed by atoms with Gasteiger partial charge in [-0.15, -0.1) is 0 Å². The van der Waals surface area contributed by atoms with Crippen LogP contribution in [0.3, 0.4) is 0 Å². The number of aliphatic hydroxyl groups is 1. The average Bonchev–Trinajstić information content (AvgIpc) is 2.95. The number of aromatic nitrogens is 4. The Balaban J connectivity index is 2.23. The van der Waals surface area contributed by atoms with Crippen LogP contribution in [0.15, 0.2) is 14.7 Å². The number of rotatable bonds is 9. The van der Waals surface area contributed by atoms with E-state index in [9.17, 15) is 18.0 Å². The minimum atomic E-state index is -3.83. The molecule has 0 saturated heterocycles. The molecule has 0 bridgehead atoms. The summed E-state index contributed by atoms with van der Waals surface area (Å²) in [6.45, 7) is 0.446. The number of hydrogen-bond donors (Lipinski definition) is 1. The first-order chi connectivity index (χ1) is 12.2. The number of fused-ring (bicyclic) bond motifs is 1. The van der Waals surface area contributed by atoms with Crippen molar-refractivity contribution in [2.75, 3.05) is 38.8 Å². The smallest absolute Gasteiger partial charge is 0.332 e. The van der Waals surface area contributed by atoms with Gasteiger partial charge in [-0.3, -0.25) is 13.9 Å². The van der Waals surface area contributed by atoms with Gasteiger partial charge in [-0.2, -0.15) is 4.98 Å². The molecule has 0 radical (unpaired) electrons. The molecule has 2 aromatic heterocycles. The van der Waals surface area contributed by atoms with Gasteiger partial charge in [0.1, 0.15) is 0 Å². The van der Waals surface area contributed by atoms with Crippen molar-refractivity contribution in [2.24, 2.45) is 21.1 Å². The van der Waals surface area contributed by atoms with Crippen molar-refractivity contribution < 1.29 is 23.0 Å². The molecule has 0 fully saturated rings. The van der Waals surface area contributed by atoms with Crippen LogP contribution in [0.25, 0.3) is 11.2 Å². The molecule has 11 nitrogen and oxygen atoms in total. The molecule has 0 saturated carbocycles. The van der Waals surface area contributed by atoms with Crippen LogP contribution in [-0.2, 0) is 40.5 Å². The molecule has 12 heteroatoms. The Kier molecular flexibility index (Phi) is 6.34. The molecule has 0 spiro atoms. The number of imidazole rings is 1. The highest BCUT2D eigenvalue weighted by molar-refractivity contribution is 7.91. The van der Waals surface area contributed by atoms with E-state index in [4.69, 9.17) is 14.6 Å². The van der Waals surface area contributed by atoms with Crippen molar-refractivity contribution in [3.8, 4) is 0 Å². The summed E-state index contributed by atoms with van der Waals surface area (Å²) in [5, 5.41) is 8.26. The van der Waals surface area contributed by atoms with Gasteiger partial charge in [0, 0.05) is 21.1 Å². The topological polar surface area (TPSA) is 135 Å². The number of aryl methyl sites for hydroxylation is 2. The van der Waals surface area contributed by atoms with Crippen LogP contribution in [-0.4, -0.2) is 71.0 Å². The predicted molar refractivity (Wildman–Crippen MR) is 92.0 cm³/mol.